The first kappa shape index (κ1) is 11.5. The lowest BCUT2D eigenvalue weighted by Gasteiger charge is -2.30. The van der Waals surface area contributed by atoms with Gasteiger partial charge in [-0.1, -0.05) is 20.3 Å². The smallest absolute Gasteiger partial charge is 0.223 e. The van der Waals surface area contributed by atoms with E-state index in [1.807, 2.05) is 0 Å². The Kier molecular flexibility index (Phi) is 3.93. The second-order valence-electron chi connectivity index (χ2n) is 4.42. The van der Waals surface area contributed by atoms with Crippen molar-refractivity contribution in [2.75, 3.05) is 6.54 Å². The minimum atomic E-state index is -0.209. The van der Waals surface area contributed by atoms with Gasteiger partial charge < -0.3 is 11.1 Å². The molecule has 1 aliphatic carbocycles. The maximum absolute atomic E-state index is 11.5. The second kappa shape index (κ2) is 4.78. The predicted molar refractivity (Wildman–Crippen MR) is 57.9 cm³/mol. The summed E-state index contributed by atoms with van der Waals surface area (Å²) in [6.45, 7) is 4.76. The highest BCUT2D eigenvalue weighted by Crippen LogP contribution is 2.26. The zero-order valence-corrected chi connectivity index (χ0v) is 9.31. The maximum atomic E-state index is 11.5. The zero-order chi connectivity index (χ0) is 10.6. The Morgan fingerprint density at radius 1 is 1.43 bits per heavy atom. The fourth-order valence-corrected chi connectivity index (χ4v) is 1.58. The van der Waals surface area contributed by atoms with Crippen molar-refractivity contribution < 1.29 is 4.79 Å². The van der Waals surface area contributed by atoms with E-state index >= 15 is 0 Å². The lowest BCUT2D eigenvalue weighted by atomic mass is 9.84. The van der Waals surface area contributed by atoms with Crippen molar-refractivity contribution in [2.24, 2.45) is 11.7 Å². The molecule has 0 heterocycles. The monoisotopic (exact) mass is 198 g/mol. The largest absolute Gasteiger partial charge is 0.354 e. The van der Waals surface area contributed by atoms with E-state index in [-0.39, 0.29) is 17.4 Å². The Hall–Kier alpha value is -0.570. The van der Waals surface area contributed by atoms with Gasteiger partial charge in [-0.2, -0.15) is 0 Å². The van der Waals surface area contributed by atoms with Crippen LogP contribution in [0, 0.1) is 5.92 Å². The molecular weight excluding hydrogens is 176 g/mol. The van der Waals surface area contributed by atoms with E-state index in [1.54, 1.807) is 0 Å². The van der Waals surface area contributed by atoms with E-state index in [2.05, 4.69) is 19.2 Å². The zero-order valence-electron chi connectivity index (χ0n) is 9.31. The normalized spacial score (nSPS) is 17.6. The van der Waals surface area contributed by atoms with Gasteiger partial charge in [0.15, 0.2) is 0 Å². The number of carbonyl (C=O) groups excluding carboxylic acids is 1. The van der Waals surface area contributed by atoms with Crippen LogP contribution in [0.1, 0.15) is 46.0 Å². The Morgan fingerprint density at radius 2 is 2.00 bits per heavy atom. The van der Waals surface area contributed by atoms with Crippen LogP contribution in [-0.2, 0) is 4.79 Å². The van der Waals surface area contributed by atoms with E-state index in [0.717, 1.165) is 25.7 Å². The number of rotatable bonds is 5. The predicted octanol–water partition coefficient (Wildman–Crippen LogP) is 1.42. The molecule has 0 aromatic carbocycles. The van der Waals surface area contributed by atoms with Crippen molar-refractivity contribution in [3.8, 4) is 0 Å². The second-order valence-corrected chi connectivity index (χ2v) is 4.42. The number of nitrogens with one attached hydrogen (secondary N) is 1. The van der Waals surface area contributed by atoms with Crippen LogP contribution in [0.4, 0.5) is 0 Å². The first-order chi connectivity index (χ1) is 6.61. The van der Waals surface area contributed by atoms with Gasteiger partial charge in [0.05, 0.1) is 0 Å². The summed E-state index contributed by atoms with van der Waals surface area (Å²) < 4.78 is 0. The first-order valence-corrected chi connectivity index (χ1v) is 5.68. The third-order valence-corrected chi connectivity index (χ3v) is 3.50. The van der Waals surface area contributed by atoms with Crippen LogP contribution in [0.25, 0.3) is 0 Å². The summed E-state index contributed by atoms with van der Waals surface area (Å²) in [6.07, 6.45) is 5.14. The molecule has 3 N–H and O–H groups in total. The quantitative estimate of drug-likeness (QED) is 0.702. The Bertz CT molecular complexity index is 195. The number of carbonyl (C=O) groups is 1. The number of hydrogen-bond donors (Lipinski definition) is 2. The molecule has 0 aromatic heterocycles. The summed E-state index contributed by atoms with van der Waals surface area (Å²) in [7, 11) is 0. The Labute approximate surface area is 86.4 Å². The van der Waals surface area contributed by atoms with Crippen LogP contribution in [0.2, 0.25) is 0 Å². The summed E-state index contributed by atoms with van der Waals surface area (Å²) in [5, 5.41) is 2.96. The Morgan fingerprint density at radius 3 is 2.36 bits per heavy atom. The SMILES string of the molecule is CCC(N)(CC)CNC(=O)C1CCC1. The van der Waals surface area contributed by atoms with Crippen molar-refractivity contribution in [3.05, 3.63) is 0 Å². The van der Waals surface area contributed by atoms with Crippen LogP contribution >= 0.6 is 0 Å². The highest BCUT2D eigenvalue weighted by atomic mass is 16.1. The topological polar surface area (TPSA) is 55.1 Å². The fraction of sp³-hybridized carbons (Fsp3) is 0.909. The summed E-state index contributed by atoms with van der Waals surface area (Å²) >= 11 is 0. The first-order valence-electron chi connectivity index (χ1n) is 5.68. The molecule has 1 fully saturated rings. The lowest BCUT2D eigenvalue weighted by molar-refractivity contribution is -0.127. The minimum absolute atomic E-state index is 0.202. The molecule has 0 radical (unpaired) electrons. The van der Waals surface area contributed by atoms with Crippen LogP contribution in [-0.4, -0.2) is 18.0 Å². The van der Waals surface area contributed by atoms with Gasteiger partial charge in [-0.25, -0.2) is 0 Å². The van der Waals surface area contributed by atoms with Gasteiger partial charge in [0, 0.05) is 18.0 Å². The third-order valence-electron chi connectivity index (χ3n) is 3.50. The molecular formula is C11H22N2O. The average molecular weight is 198 g/mol. The fourth-order valence-electron chi connectivity index (χ4n) is 1.58. The van der Waals surface area contributed by atoms with Gasteiger partial charge >= 0.3 is 0 Å². The average Bonchev–Trinajstić information content (AvgIpc) is 2.11. The van der Waals surface area contributed by atoms with Crippen LogP contribution in [0.3, 0.4) is 0 Å². The molecule has 0 bridgehead atoms. The standard InChI is InChI=1S/C11H22N2O/c1-3-11(12,4-2)8-13-10(14)9-6-5-7-9/h9H,3-8,12H2,1-2H3,(H,13,14). The summed E-state index contributed by atoms with van der Waals surface area (Å²) in [6, 6.07) is 0. The van der Waals surface area contributed by atoms with Gasteiger partial charge in [-0.15, -0.1) is 0 Å². The van der Waals surface area contributed by atoms with Crippen LogP contribution in [0.15, 0.2) is 0 Å². The van der Waals surface area contributed by atoms with Crippen molar-refractivity contribution in [3.63, 3.8) is 0 Å². The van der Waals surface area contributed by atoms with Gasteiger partial charge in [-0.3, -0.25) is 4.79 Å². The van der Waals surface area contributed by atoms with Gasteiger partial charge in [0.1, 0.15) is 0 Å². The van der Waals surface area contributed by atoms with Gasteiger partial charge in [0.25, 0.3) is 0 Å². The van der Waals surface area contributed by atoms with E-state index < -0.39 is 0 Å². The molecule has 0 aromatic rings. The van der Waals surface area contributed by atoms with E-state index in [4.69, 9.17) is 5.73 Å². The lowest BCUT2D eigenvalue weighted by Crippen LogP contribution is -2.50. The summed E-state index contributed by atoms with van der Waals surface area (Å²) in [5.74, 6) is 0.473. The molecule has 14 heavy (non-hydrogen) atoms. The maximum Gasteiger partial charge on any atom is 0.223 e. The number of amides is 1. The third kappa shape index (κ3) is 2.71. The molecule has 0 saturated heterocycles. The molecule has 1 saturated carbocycles. The number of hydrogen-bond acceptors (Lipinski definition) is 2. The molecule has 0 unspecified atom stereocenters. The van der Waals surface area contributed by atoms with Crippen molar-refractivity contribution in [1.82, 2.24) is 5.32 Å². The number of nitrogens with two attached hydrogens (primary N) is 1. The summed E-state index contributed by atoms with van der Waals surface area (Å²) in [5.41, 5.74) is 5.88. The van der Waals surface area contributed by atoms with Crippen LogP contribution < -0.4 is 11.1 Å². The highest BCUT2D eigenvalue weighted by molar-refractivity contribution is 5.79. The van der Waals surface area contributed by atoms with E-state index in [1.165, 1.54) is 6.42 Å². The summed E-state index contributed by atoms with van der Waals surface area (Å²) in [4.78, 5) is 11.5. The molecule has 1 rings (SSSR count). The van der Waals surface area contributed by atoms with Crippen molar-refractivity contribution in [1.29, 1.82) is 0 Å². The highest BCUT2D eigenvalue weighted by Gasteiger charge is 2.27. The minimum Gasteiger partial charge on any atom is -0.354 e. The van der Waals surface area contributed by atoms with Gasteiger partial charge in [0.2, 0.25) is 5.91 Å². The molecule has 3 heteroatoms. The molecule has 0 spiro atoms. The van der Waals surface area contributed by atoms with E-state index in [9.17, 15) is 4.79 Å². The van der Waals surface area contributed by atoms with E-state index in [0.29, 0.717) is 6.54 Å². The van der Waals surface area contributed by atoms with Crippen molar-refractivity contribution in [2.45, 2.75) is 51.5 Å². The molecule has 0 aliphatic heterocycles. The Balaban J connectivity index is 2.27. The van der Waals surface area contributed by atoms with Crippen molar-refractivity contribution >= 4 is 5.91 Å². The van der Waals surface area contributed by atoms with Crippen LogP contribution in [0.5, 0.6) is 0 Å². The molecule has 1 amide bonds. The van der Waals surface area contributed by atoms with Gasteiger partial charge in [-0.05, 0) is 25.7 Å². The molecule has 82 valence electrons. The molecule has 0 atom stereocenters. The molecule has 1 aliphatic rings. The molecule has 3 nitrogen and oxygen atoms in total.